The van der Waals surface area contributed by atoms with Gasteiger partial charge in [-0.2, -0.15) is 0 Å². The fourth-order valence-corrected chi connectivity index (χ4v) is 4.19. The summed E-state index contributed by atoms with van der Waals surface area (Å²) in [6.45, 7) is 4.07. The molecule has 0 fully saturated rings. The van der Waals surface area contributed by atoms with E-state index >= 15 is 0 Å². The van der Waals surface area contributed by atoms with Crippen LogP contribution in [0.2, 0.25) is 0 Å². The van der Waals surface area contributed by atoms with E-state index in [-0.39, 0.29) is 25.2 Å². The van der Waals surface area contributed by atoms with Crippen LogP contribution in [0.1, 0.15) is 155 Å². The molecule has 0 aliphatic rings. The second kappa shape index (κ2) is 28.2. The van der Waals surface area contributed by atoms with Crippen molar-refractivity contribution >= 4 is 11.9 Å². The predicted octanol–water partition coefficient (Wildman–Crippen LogP) is 8.61. The fourth-order valence-electron chi connectivity index (χ4n) is 4.19. The first-order valence-corrected chi connectivity index (χ1v) is 15.2. The highest BCUT2D eigenvalue weighted by molar-refractivity contribution is 5.70. The molecule has 0 aromatic rings. The first kappa shape index (κ1) is 34.6. The summed E-state index contributed by atoms with van der Waals surface area (Å²) in [6.07, 6.45) is 28.4. The van der Waals surface area contributed by atoms with E-state index in [0.29, 0.717) is 12.8 Å². The van der Waals surface area contributed by atoms with Gasteiger partial charge in [-0.25, -0.2) is 0 Å². The summed E-state index contributed by atoms with van der Waals surface area (Å²) in [4.78, 5) is 23.9. The maximum Gasteiger partial charge on any atom is 0.306 e. The Bertz CT molecular complexity index is 517. The molecule has 0 bridgehead atoms. The Hall–Kier alpha value is -1.36. The molecule has 0 radical (unpaired) electrons. The zero-order valence-electron chi connectivity index (χ0n) is 23.8. The van der Waals surface area contributed by atoms with Crippen LogP contribution in [0, 0.1) is 0 Å². The molecule has 0 rings (SSSR count). The van der Waals surface area contributed by atoms with E-state index in [0.717, 1.165) is 44.9 Å². The van der Waals surface area contributed by atoms with Crippen LogP contribution in [-0.2, 0) is 19.1 Å². The van der Waals surface area contributed by atoms with Crippen LogP contribution in [0.3, 0.4) is 0 Å². The van der Waals surface area contributed by atoms with E-state index in [1.165, 1.54) is 83.5 Å². The van der Waals surface area contributed by atoms with Crippen molar-refractivity contribution in [2.75, 3.05) is 13.2 Å². The smallest absolute Gasteiger partial charge is 0.306 e. The number of hydrogen-bond acceptors (Lipinski definition) is 5. The first-order chi connectivity index (χ1) is 17.6. The number of carbonyl (C=O) groups excluding carboxylic acids is 2. The van der Waals surface area contributed by atoms with Gasteiger partial charge in [-0.3, -0.25) is 9.59 Å². The van der Waals surface area contributed by atoms with Gasteiger partial charge in [0.05, 0.1) is 6.61 Å². The Labute approximate surface area is 222 Å². The molecule has 36 heavy (non-hydrogen) atoms. The Morgan fingerprint density at radius 3 is 1.50 bits per heavy atom. The summed E-state index contributed by atoms with van der Waals surface area (Å²) >= 11 is 0. The minimum Gasteiger partial charge on any atom is -0.462 e. The molecule has 5 heteroatoms. The molecular formula is C31H58O5. The molecule has 212 valence electrons. The van der Waals surface area contributed by atoms with Gasteiger partial charge in [0.15, 0.2) is 6.10 Å². The van der Waals surface area contributed by atoms with Crippen molar-refractivity contribution in [3.63, 3.8) is 0 Å². The minimum atomic E-state index is -0.765. The number of unbranched alkanes of at least 4 members (excludes halogenated alkanes) is 17. The number of esters is 2. The number of rotatable bonds is 27. The topological polar surface area (TPSA) is 72.8 Å². The predicted molar refractivity (Wildman–Crippen MR) is 150 cm³/mol. The standard InChI is InChI=1S/C31H58O5/c1-3-5-7-9-11-13-14-15-16-17-18-20-22-24-26-31(34)36-29(27-32)28-35-30(33)25-23-21-19-12-10-8-6-4-2/h14-15,29,32H,3-13,16-28H2,1-2H3/b15-14+/t29-/m0/s1. The van der Waals surface area contributed by atoms with E-state index in [9.17, 15) is 14.7 Å². The normalized spacial score (nSPS) is 12.2. The van der Waals surface area contributed by atoms with Crippen molar-refractivity contribution in [2.45, 2.75) is 161 Å². The van der Waals surface area contributed by atoms with Gasteiger partial charge in [0.1, 0.15) is 6.61 Å². The molecule has 0 saturated carbocycles. The minimum absolute atomic E-state index is 0.0651. The maximum absolute atomic E-state index is 12.0. The number of allylic oxidation sites excluding steroid dienone is 2. The number of ether oxygens (including phenoxy) is 2. The summed E-state index contributed by atoms with van der Waals surface area (Å²) in [5.41, 5.74) is 0. The van der Waals surface area contributed by atoms with Gasteiger partial charge < -0.3 is 14.6 Å². The molecule has 0 aromatic carbocycles. The molecule has 1 atom stereocenters. The third-order valence-electron chi connectivity index (χ3n) is 6.56. The highest BCUT2D eigenvalue weighted by Crippen LogP contribution is 2.12. The summed E-state index contributed by atoms with van der Waals surface area (Å²) in [5.74, 6) is -0.604. The maximum atomic E-state index is 12.0. The largest absolute Gasteiger partial charge is 0.462 e. The molecule has 0 unspecified atom stereocenters. The van der Waals surface area contributed by atoms with Crippen molar-refractivity contribution in [2.24, 2.45) is 0 Å². The molecule has 0 aromatic heterocycles. The van der Waals surface area contributed by atoms with Gasteiger partial charge in [0, 0.05) is 12.8 Å². The number of aliphatic hydroxyl groups excluding tert-OH is 1. The Kier molecular flexibility index (Phi) is 27.1. The van der Waals surface area contributed by atoms with Gasteiger partial charge in [0.25, 0.3) is 0 Å². The molecule has 0 aliphatic heterocycles. The molecule has 1 N–H and O–H groups in total. The average molecular weight is 511 g/mol. The van der Waals surface area contributed by atoms with Crippen LogP contribution in [0.5, 0.6) is 0 Å². The zero-order chi connectivity index (χ0) is 26.5. The molecule has 0 amide bonds. The molecule has 0 saturated heterocycles. The summed E-state index contributed by atoms with van der Waals surface area (Å²) in [6, 6.07) is 0. The monoisotopic (exact) mass is 510 g/mol. The lowest BCUT2D eigenvalue weighted by molar-refractivity contribution is -0.161. The highest BCUT2D eigenvalue weighted by atomic mass is 16.6. The molecule has 0 heterocycles. The van der Waals surface area contributed by atoms with Crippen LogP contribution in [-0.4, -0.2) is 36.4 Å². The van der Waals surface area contributed by atoms with Gasteiger partial charge >= 0.3 is 11.9 Å². The van der Waals surface area contributed by atoms with Gasteiger partial charge in [-0.1, -0.05) is 116 Å². The van der Waals surface area contributed by atoms with Gasteiger partial charge in [0.2, 0.25) is 0 Å². The second-order valence-corrected chi connectivity index (χ2v) is 10.2. The van der Waals surface area contributed by atoms with Gasteiger partial charge in [-0.05, 0) is 38.5 Å². The van der Waals surface area contributed by atoms with Crippen LogP contribution in [0.4, 0.5) is 0 Å². The molecule has 0 aliphatic carbocycles. The third-order valence-corrected chi connectivity index (χ3v) is 6.56. The van der Waals surface area contributed by atoms with Crippen LogP contribution in [0.15, 0.2) is 12.2 Å². The van der Waals surface area contributed by atoms with Crippen LogP contribution in [0.25, 0.3) is 0 Å². The Balaban J connectivity index is 3.60. The first-order valence-electron chi connectivity index (χ1n) is 15.2. The molecular weight excluding hydrogens is 452 g/mol. The highest BCUT2D eigenvalue weighted by Gasteiger charge is 2.16. The number of carbonyl (C=O) groups is 2. The lowest BCUT2D eigenvalue weighted by Crippen LogP contribution is -2.28. The van der Waals surface area contributed by atoms with Gasteiger partial charge in [-0.15, -0.1) is 0 Å². The van der Waals surface area contributed by atoms with E-state index in [4.69, 9.17) is 9.47 Å². The van der Waals surface area contributed by atoms with E-state index in [1.54, 1.807) is 0 Å². The average Bonchev–Trinajstić information content (AvgIpc) is 2.88. The lowest BCUT2D eigenvalue weighted by Gasteiger charge is -2.15. The summed E-state index contributed by atoms with van der Waals surface area (Å²) < 4.78 is 10.5. The summed E-state index contributed by atoms with van der Waals surface area (Å²) in [7, 11) is 0. The van der Waals surface area contributed by atoms with Crippen molar-refractivity contribution in [1.82, 2.24) is 0 Å². The second-order valence-electron chi connectivity index (χ2n) is 10.2. The zero-order valence-corrected chi connectivity index (χ0v) is 23.8. The van der Waals surface area contributed by atoms with Crippen molar-refractivity contribution in [3.05, 3.63) is 12.2 Å². The van der Waals surface area contributed by atoms with Crippen molar-refractivity contribution in [3.8, 4) is 0 Å². The Morgan fingerprint density at radius 1 is 0.611 bits per heavy atom. The van der Waals surface area contributed by atoms with Crippen LogP contribution >= 0.6 is 0 Å². The lowest BCUT2D eigenvalue weighted by atomic mass is 10.1. The SMILES string of the molecule is CCCCCCC/C=C/CCCCCCCC(=O)O[C@@H](CO)COC(=O)CCCCCCCCCC. The molecule has 5 nitrogen and oxygen atoms in total. The van der Waals surface area contributed by atoms with Crippen molar-refractivity contribution < 1.29 is 24.2 Å². The van der Waals surface area contributed by atoms with Crippen molar-refractivity contribution in [1.29, 1.82) is 0 Å². The Morgan fingerprint density at radius 2 is 1.03 bits per heavy atom. The quantitative estimate of drug-likeness (QED) is 0.0680. The fraction of sp³-hybridized carbons (Fsp3) is 0.871. The third kappa shape index (κ3) is 25.7. The van der Waals surface area contributed by atoms with E-state index < -0.39 is 6.10 Å². The van der Waals surface area contributed by atoms with E-state index in [1.807, 2.05) is 0 Å². The molecule has 0 spiro atoms. The number of hydrogen-bond donors (Lipinski definition) is 1. The summed E-state index contributed by atoms with van der Waals surface area (Å²) in [5, 5.41) is 9.44. The van der Waals surface area contributed by atoms with E-state index in [2.05, 4.69) is 26.0 Å². The number of aliphatic hydroxyl groups is 1. The van der Waals surface area contributed by atoms with Crippen LogP contribution < -0.4 is 0 Å².